The van der Waals surface area contributed by atoms with Gasteiger partial charge >= 0.3 is 12.1 Å². The highest BCUT2D eigenvalue weighted by molar-refractivity contribution is 5.85. The van der Waals surface area contributed by atoms with E-state index in [-0.39, 0.29) is 17.8 Å². The van der Waals surface area contributed by atoms with Gasteiger partial charge in [-0.1, -0.05) is 0 Å². The summed E-state index contributed by atoms with van der Waals surface area (Å²) in [5.41, 5.74) is 0.583. The van der Waals surface area contributed by atoms with Crippen LogP contribution in [0.15, 0.2) is 24.5 Å². The van der Waals surface area contributed by atoms with E-state index in [9.17, 15) is 14.7 Å². The van der Waals surface area contributed by atoms with Crippen LogP contribution >= 0.6 is 0 Å². The molecule has 0 bridgehead atoms. The number of hydrogen-bond donors (Lipinski definition) is 1. The van der Waals surface area contributed by atoms with Crippen LogP contribution in [-0.4, -0.2) is 35.8 Å². The van der Waals surface area contributed by atoms with Crippen molar-refractivity contribution in [2.24, 2.45) is 11.8 Å². The zero-order chi connectivity index (χ0) is 15.2. The second kappa shape index (κ2) is 7.06. The standard InChI is InChI=1S/C15H20N2O4/c1-21-14(18)12-6-4-11(5-7-12)10-17(15(19)20)13-3-2-8-16-9-13/h2-3,8-9,11-12H,4-7,10H2,1H3,(H,19,20). The lowest BCUT2D eigenvalue weighted by molar-refractivity contribution is -0.146. The fraction of sp³-hybridized carbons (Fsp3) is 0.533. The first-order valence-corrected chi connectivity index (χ1v) is 7.10. The summed E-state index contributed by atoms with van der Waals surface area (Å²) in [6.45, 7) is 0.439. The monoisotopic (exact) mass is 292 g/mol. The number of pyridine rings is 1. The molecule has 1 aliphatic carbocycles. The molecule has 0 aromatic carbocycles. The quantitative estimate of drug-likeness (QED) is 0.863. The largest absolute Gasteiger partial charge is 0.469 e. The average molecular weight is 292 g/mol. The summed E-state index contributed by atoms with van der Waals surface area (Å²) in [5.74, 6) is 0.0703. The number of hydrogen-bond acceptors (Lipinski definition) is 4. The Morgan fingerprint density at radius 2 is 2.10 bits per heavy atom. The van der Waals surface area contributed by atoms with Crippen molar-refractivity contribution in [1.29, 1.82) is 0 Å². The molecule has 1 aromatic heterocycles. The highest BCUT2D eigenvalue weighted by Crippen LogP contribution is 2.31. The van der Waals surface area contributed by atoms with Gasteiger partial charge in [0.05, 0.1) is 24.9 Å². The maximum atomic E-state index is 11.5. The number of carbonyl (C=O) groups is 2. The molecule has 114 valence electrons. The summed E-state index contributed by atoms with van der Waals surface area (Å²) in [5, 5.41) is 9.36. The second-order valence-electron chi connectivity index (χ2n) is 5.35. The Morgan fingerprint density at radius 3 is 2.62 bits per heavy atom. The van der Waals surface area contributed by atoms with Gasteiger partial charge in [-0.2, -0.15) is 0 Å². The van der Waals surface area contributed by atoms with Crippen molar-refractivity contribution < 1.29 is 19.4 Å². The molecule has 21 heavy (non-hydrogen) atoms. The summed E-state index contributed by atoms with van der Waals surface area (Å²) in [6, 6.07) is 3.46. The van der Waals surface area contributed by atoms with E-state index in [1.54, 1.807) is 24.5 Å². The minimum Gasteiger partial charge on any atom is -0.469 e. The molecule has 1 heterocycles. The maximum Gasteiger partial charge on any atom is 0.411 e. The number of rotatable bonds is 4. The second-order valence-corrected chi connectivity index (χ2v) is 5.35. The fourth-order valence-electron chi connectivity index (χ4n) is 2.81. The highest BCUT2D eigenvalue weighted by atomic mass is 16.5. The number of esters is 1. The number of ether oxygens (including phenoxy) is 1. The first-order valence-electron chi connectivity index (χ1n) is 7.10. The van der Waals surface area contributed by atoms with Crippen LogP contribution in [0.5, 0.6) is 0 Å². The van der Waals surface area contributed by atoms with Crippen molar-refractivity contribution in [2.45, 2.75) is 25.7 Å². The predicted molar refractivity (Wildman–Crippen MR) is 77.1 cm³/mol. The van der Waals surface area contributed by atoms with E-state index < -0.39 is 6.09 Å². The first kappa shape index (κ1) is 15.3. The van der Waals surface area contributed by atoms with Crippen LogP contribution in [0.3, 0.4) is 0 Å². The molecule has 1 fully saturated rings. The van der Waals surface area contributed by atoms with Crippen molar-refractivity contribution in [3.05, 3.63) is 24.5 Å². The van der Waals surface area contributed by atoms with Crippen LogP contribution in [0.2, 0.25) is 0 Å². The van der Waals surface area contributed by atoms with Crippen molar-refractivity contribution in [3.63, 3.8) is 0 Å². The molecule has 6 heteroatoms. The Kier molecular flexibility index (Phi) is 5.14. The molecule has 0 saturated heterocycles. The van der Waals surface area contributed by atoms with Gasteiger partial charge < -0.3 is 9.84 Å². The number of anilines is 1. The van der Waals surface area contributed by atoms with Gasteiger partial charge in [0, 0.05) is 12.7 Å². The number of carbonyl (C=O) groups excluding carboxylic acids is 1. The minimum absolute atomic E-state index is 0.0390. The van der Waals surface area contributed by atoms with E-state index in [1.165, 1.54) is 12.0 Å². The van der Waals surface area contributed by atoms with E-state index in [2.05, 4.69) is 4.98 Å². The van der Waals surface area contributed by atoms with E-state index >= 15 is 0 Å². The van der Waals surface area contributed by atoms with Crippen molar-refractivity contribution in [1.82, 2.24) is 4.98 Å². The van der Waals surface area contributed by atoms with Gasteiger partial charge in [0.1, 0.15) is 0 Å². The van der Waals surface area contributed by atoms with Crippen molar-refractivity contribution in [2.75, 3.05) is 18.6 Å². The number of amides is 1. The molecule has 1 aromatic rings. The fourth-order valence-corrected chi connectivity index (χ4v) is 2.81. The average Bonchev–Trinajstić information content (AvgIpc) is 2.53. The van der Waals surface area contributed by atoms with Gasteiger partial charge in [0.25, 0.3) is 0 Å². The lowest BCUT2D eigenvalue weighted by atomic mass is 9.82. The van der Waals surface area contributed by atoms with Crippen LogP contribution in [-0.2, 0) is 9.53 Å². The summed E-state index contributed by atoms with van der Waals surface area (Å²) in [6.07, 6.45) is 5.39. The Bertz CT molecular complexity index is 484. The third-order valence-corrected chi connectivity index (χ3v) is 4.01. The molecule has 1 N–H and O–H groups in total. The number of carboxylic acid groups (broad SMARTS) is 1. The van der Waals surface area contributed by atoms with Gasteiger partial charge in [0.2, 0.25) is 0 Å². The smallest absolute Gasteiger partial charge is 0.411 e. The van der Waals surface area contributed by atoms with Gasteiger partial charge in [-0.25, -0.2) is 4.79 Å². The van der Waals surface area contributed by atoms with Gasteiger partial charge in [-0.15, -0.1) is 0 Å². The molecule has 0 radical (unpaired) electrons. The molecule has 1 amide bonds. The zero-order valence-electron chi connectivity index (χ0n) is 12.1. The topological polar surface area (TPSA) is 79.7 Å². The zero-order valence-corrected chi connectivity index (χ0v) is 12.1. The summed E-state index contributed by atoms with van der Waals surface area (Å²) in [4.78, 5) is 28.2. The van der Waals surface area contributed by atoms with Crippen LogP contribution in [0.4, 0.5) is 10.5 Å². The Labute approximate surface area is 123 Å². The number of aromatic nitrogens is 1. The summed E-state index contributed by atoms with van der Waals surface area (Å²) >= 11 is 0. The maximum absolute atomic E-state index is 11.5. The molecule has 1 saturated carbocycles. The molecule has 6 nitrogen and oxygen atoms in total. The molecule has 1 aliphatic rings. The lowest BCUT2D eigenvalue weighted by Crippen LogP contribution is -2.36. The van der Waals surface area contributed by atoms with Crippen LogP contribution < -0.4 is 4.90 Å². The molecule has 0 aliphatic heterocycles. The van der Waals surface area contributed by atoms with E-state index in [1.807, 2.05) is 0 Å². The van der Waals surface area contributed by atoms with Crippen molar-refractivity contribution >= 4 is 17.7 Å². The molecule has 0 unspecified atom stereocenters. The summed E-state index contributed by atoms with van der Waals surface area (Å²) in [7, 11) is 1.41. The van der Waals surface area contributed by atoms with E-state index in [4.69, 9.17) is 4.74 Å². The highest BCUT2D eigenvalue weighted by Gasteiger charge is 2.29. The molecule has 2 rings (SSSR count). The third-order valence-electron chi connectivity index (χ3n) is 4.01. The normalized spacial score (nSPS) is 21.6. The molecular formula is C15H20N2O4. The summed E-state index contributed by atoms with van der Waals surface area (Å²) < 4.78 is 4.76. The van der Waals surface area contributed by atoms with Gasteiger partial charge in [0.15, 0.2) is 0 Å². The van der Waals surface area contributed by atoms with E-state index in [0.717, 1.165) is 25.7 Å². The predicted octanol–water partition coefficient (Wildman–Crippen LogP) is 2.55. The van der Waals surface area contributed by atoms with E-state index in [0.29, 0.717) is 12.2 Å². The Hall–Kier alpha value is -2.11. The van der Waals surface area contributed by atoms with Crippen molar-refractivity contribution in [3.8, 4) is 0 Å². The van der Waals surface area contributed by atoms with Crippen LogP contribution in [0.1, 0.15) is 25.7 Å². The Balaban J connectivity index is 1.94. The lowest BCUT2D eigenvalue weighted by Gasteiger charge is -2.30. The Morgan fingerprint density at radius 1 is 1.38 bits per heavy atom. The number of methoxy groups -OCH3 is 1. The minimum atomic E-state index is -0.974. The van der Waals surface area contributed by atoms with Crippen LogP contribution in [0, 0.1) is 11.8 Å². The first-order chi connectivity index (χ1) is 10.1. The van der Waals surface area contributed by atoms with Crippen LogP contribution in [0.25, 0.3) is 0 Å². The molecular weight excluding hydrogens is 272 g/mol. The SMILES string of the molecule is COC(=O)C1CCC(CN(C(=O)O)c2cccnc2)CC1. The van der Waals surface area contributed by atoms with Gasteiger partial charge in [-0.05, 0) is 43.7 Å². The van der Waals surface area contributed by atoms with Gasteiger partial charge in [-0.3, -0.25) is 14.7 Å². The third kappa shape index (κ3) is 3.93. The molecule has 0 atom stereocenters. The number of nitrogens with zero attached hydrogens (tertiary/aromatic N) is 2. The molecule has 0 spiro atoms.